The molecule has 1 heterocycles. The number of hydrogen-bond donors (Lipinski definition) is 2. The number of aliphatic hydroxyl groups is 2. The van der Waals surface area contributed by atoms with Gasteiger partial charge in [0, 0.05) is 14.2 Å². The summed E-state index contributed by atoms with van der Waals surface area (Å²) in [5.41, 5.74) is 0. The molecule has 5 nitrogen and oxygen atoms in total. The van der Waals surface area contributed by atoms with Gasteiger partial charge in [-0.25, -0.2) is 0 Å². The van der Waals surface area contributed by atoms with Crippen LogP contribution in [0.4, 0.5) is 0 Å². The molecule has 0 unspecified atom stereocenters. The third-order valence-electron chi connectivity index (χ3n) is 2.31. The molecule has 0 radical (unpaired) electrons. The Balaban J connectivity index is 2.65. The molecule has 0 aromatic rings. The third-order valence-corrected chi connectivity index (χ3v) is 2.31. The number of ether oxygens (including phenoxy) is 3. The first kappa shape index (κ1) is 10.9. The fraction of sp³-hybridized carbons (Fsp3) is 1.00. The van der Waals surface area contributed by atoms with E-state index in [1.165, 1.54) is 14.2 Å². The highest BCUT2D eigenvalue weighted by Crippen LogP contribution is 2.25. The maximum Gasteiger partial charge on any atom is 0.114 e. The lowest BCUT2D eigenvalue weighted by Crippen LogP contribution is -2.38. The van der Waals surface area contributed by atoms with Gasteiger partial charge in [-0.15, -0.1) is 0 Å². The van der Waals surface area contributed by atoms with Gasteiger partial charge in [-0.2, -0.15) is 0 Å². The fourth-order valence-corrected chi connectivity index (χ4v) is 1.67. The van der Waals surface area contributed by atoms with Gasteiger partial charge in [0.15, 0.2) is 0 Å². The summed E-state index contributed by atoms with van der Waals surface area (Å²) in [6, 6.07) is 0. The van der Waals surface area contributed by atoms with Crippen molar-refractivity contribution in [1.82, 2.24) is 0 Å². The van der Waals surface area contributed by atoms with Gasteiger partial charge >= 0.3 is 0 Å². The summed E-state index contributed by atoms with van der Waals surface area (Å²) >= 11 is 0. The fourth-order valence-electron chi connectivity index (χ4n) is 1.67. The molecular weight excluding hydrogens is 176 g/mol. The van der Waals surface area contributed by atoms with Gasteiger partial charge in [0.25, 0.3) is 0 Å². The Hall–Kier alpha value is -0.200. The molecule has 0 saturated carbocycles. The average Bonchev–Trinajstić information content (AvgIpc) is 2.54. The summed E-state index contributed by atoms with van der Waals surface area (Å²) in [7, 11) is 3.06. The predicted molar refractivity (Wildman–Crippen MR) is 44.4 cm³/mol. The molecule has 0 aromatic heterocycles. The standard InChI is InChI=1S/C8H16O5/c1-11-7-5(3-9)13-6(4-10)8(7)12-2/h5-10H,3-4H2,1-2H3/t5-,6-,7+,8+/m0/s1. The van der Waals surface area contributed by atoms with E-state index in [9.17, 15) is 0 Å². The maximum absolute atomic E-state index is 8.95. The Morgan fingerprint density at radius 1 is 1.00 bits per heavy atom. The largest absolute Gasteiger partial charge is 0.394 e. The minimum Gasteiger partial charge on any atom is -0.394 e. The van der Waals surface area contributed by atoms with Crippen LogP contribution in [0.15, 0.2) is 0 Å². The second-order valence-electron chi connectivity index (χ2n) is 2.98. The lowest BCUT2D eigenvalue weighted by atomic mass is 10.1. The summed E-state index contributed by atoms with van der Waals surface area (Å²) < 4.78 is 15.6. The summed E-state index contributed by atoms with van der Waals surface area (Å²) in [6.07, 6.45) is -1.45. The average molecular weight is 192 g/mol. The zero-order chi connectivity index (χ0) is 9.84. The Kier molecular flexibility index (Phi) is 4.08. The van der Waals surface area contributed by atoms with Crippen LogP contribution in [0.25, 0.3) is 0 Å². The Labute approximate surface area is 77.2 Å². The lowest BCUT2D eigenvalue weighted by Gasteiger charge is -2.19. The van der Waals surface area contributed by atoms with Gasteiger partial charge in [-0.1, -0.05) is 0 Å². The summed E-state index contributed by atoms with van der Waals surface area (Å²) in [5, 5.41) is 17.9. The summed E-state index contributed by atoms with van der Waals surface area (Å²) in [6.45, 7) is -0.260. The van der Waals surface area contributed by atoms with Crippen LogP contribution in [0.1, 0.15) is 0 Å². The van der Waals surface area contributed by atoms with E-state index in [0.29, 0.717) is 0 Å². The van der Waals surface area contributed by atoms with E-state index in [4.69, 9.17) is 24.4 Å². The van der Waals surface area contributed by atoms with Crippen molar-refractivity contribution in [1.29, 1.82) is 0 Å². The van der Waals surface area contributed by atoms with Crippen LogP contribution < -0.4 is 0 Å². The van der Waals surface area contributed by atoms with Gasteiger partial charge < -0.3 is 24.4 Å². The molecule has 0 aromatic carbocycles. The van der Waals surface area contributed by atoms with Crippen LogP contribution in [0.2, 0.25) is 0 Å². The van der Waals surface area contributed by atoms with E-state index in [-0.39, 0.29) is 25.4 Å². The Morgan fingerprint density at radius 3 is 1.62 bits per heavy atom. The number of rotatable bonds is 4. The van der Waals surface area contributed by atoms with Crippen molar-refractivity contribution in [3.8, 4) is 0 Å². The van der Waals surface area contributed by atoms with Crippen molar-refractivity contribution >= 4 is 0 Å². The highest BCUT2D eigenvalue weighted by Gasteiger charge is 2.44. The predicted octanol–water partition coefficient (Wildman–Crippen LogP) is -1.23. The van der Waals surface area contributed by atoms with E-state index < -0.39 is 12.2 Å². The Bertz CT molecular complexity index is 135. The molecule has 1 aliphatic heterocycles. The van der Waals surface area contributed by atoms with Crippen LogP contribution in [0.3, 0.4) is 0 Å². The van der Waals surface area contributed by atoms with Gasteiger partial charge in [0.05, 0.1) is 13.2 Å². The van der Waals surface area contributed by atoms with Crippen molar-refractivity contribution in [2.75, 3.05) is 27.4 Å². The number of methoxy groups -OCH3 is 2. The first-order chi connectivity index (χ1) is 6.28. The number of aliphatic hydroxyl groups excluding tert-OH is 2. The van der Waals surface area contributed by atoms with Crippen LogP contribution >= 0.6 is 0 Å². The van der Waals surface area contributed by atoms with Crippen LogP contribution in [-0.2, 0) is 14.2 Å². The SMILES string of the molecule is CO[C@H]1[C@H](OC)[C@H](CO)O[C@H]1CO. The van der Waals surface area contributed by atoms with E-state index in [0.717, 1.165) is 0 Å². The molecule has 2 N–H and O–H groups in total. The van der Waals surface area contributed by atoms with Crippen LogP contribution in [-0.4, -0.2) is 62.1 Å². The van der Waals surface area contributed by atoms with Crippen LogP contribution in [0, 0.1) is 0 Å². The normalized spacial score (nSPS) is 39.7. The molecule has 0 spiro atoms. The highest BCUT2D eigenvalue weighted by molar-refractivity contribution is 4.92. The zero-order valence-corrected chi connectivity index (χ0v) is 7.84. The van der Waals surface area contributed by atoms with Crippen molar-refractivity contribution in [2.24, 2.45) is 0 Å². The van der Waals surface area contributed by atoms with E-state index in [1.54, 1.807) is 0 Å². The minimum atomic E-state index is -0.410. The second kappa shape index (κ2) is 4.88. The van der Waals surface area contributed by atoms with E-state index >= 15 is 0 Å². The molecule has 5 heteroatoms. The molecule has 78 valence electrons. The molecule has 0 bridgehead atoms. The molecule has 4 atom stereocenters. The third kappa shape index (κ3) is 2.00. The molecule has 1 fully saturated rings. The van der Waals surface area contributed by atoms with Crippen molar-refractivity contribution in [3.05, 3.63) is 0 Å². The van der Waals surface area contributed by atoms with Gasteiger partial charge in [-0.3, -0.25) is 0 Å². The molecular formula is C8H16O5. The highest BCUT2D eigenvalue weighted by atomic mass is 16.6. The zero-order valence-electron chi connectivity index (χ0n) is 7.84. The topological polar surface area (TPSA) is 68.2 Å². The quantitative estimate of drug-likeness (QED) is 0.583. The van der Waals surface area contributed by atoms with E-state index in [1.807, 2.05) is 0 Å². The van der Waals surface area contributed by atoms with Gasteiger partial charge in [0.1, 0.15) is 24.4 Å². The lowest BCUT2D eigenvalue weighted by molar-refractivity contribution is -0.0453. The smallest absolute Gasteiger partial charge is 0.114 e. The van der Waals surface area contributed by atoms with Gasteiger partial charge in [0.2, 0.25) is 0 Å². The first-order valence-corrected chi connectivity index (χ1v) is 4.21. The maximum atomic E-state index is 8.95. The molecule has 1 aliphatic rings. The van der Waals surface area contributed by atoms with Crippen molar-refractivity contribution in [2.45, 2.75) is 24.4 Å². The number of hydrogen-bond acceptors (Lipinski definition) is 5. The first-order valence-electron chi connectivity index (χ1n) is 4.21. The van der Waals surface area contributed by atoms with Crippen molar-refractivity contribution < 1.29 is 24.4 Å². The molecule has 1 saturated heterocycles. The van der Waals surface area contributed by atoms with Gasteiger partial charge in [-0.05, 0) is 0 Å². The summed E-state index contributed by atoms with van der Waals surface area (Å²) in [4.78, 5) is 0. The summed E-state index contributed by atoms with van der Waals surface area (Å²) in [5.74, 6) is 0. The van der Waals surface area contributed by atoms with E-state index in [2.05, 4.69) is 0 Å². The minimum absolute atomic E-state index is 0.130. The van der Waals surface area contributed by atoms with Crippen LogP contribution in [0.5, 0.6) is 0 Å². The second-order valence-corrected chi connectivity index (χ2v) is 2.98. The van der Waals surface area contributed by atoms with Crippen molar-refractivity contribution in [3.63, 3.8) is 0 Å². The Morgan fingerprint density at radius 2 is 1.38 bits per heavy atom. The molecule has 1 rings (SSSR count). The molecule has 0 aliphatic carbocycles. The molecule has 13 heavy (non-hydrogen) atoms. The molecule has 0 amide bonds. The monoisotopic (exact) mass is 192 g/mol.